The fraction of sp³-hybridized carbons (Fsp3) is 0.333. The molecule has 0 bridgehead atoms. The quantitative estimate of drug-likeness (QED) is 0.679. The van der Waals surface area contributed by atoms with Gasteiger partial charge < -0.3 is 19.3 Å². The minimum absolute atomic E-state index is 0.209. The SMILES string of the molecule is CN(C)CCN(C)c1ccc2c(c1)OCOC/C(c1cn3cccnc3n1)=C\2. The Morgan fingerprint density at radius 3 is 2.89 bits per heavy atom. The molecule has 0 saturated heterocycles. The summed E-state index contributed by atoms with van der Waals surface area (Å²) in [6.07, 6.45) is 7.74. The molecule has 0 spiro atoms. The molecule has 1 aliphatic heterocycles. The van der Waals surface area contributed by atoms with Gasteiger partial charge in [0.15, 0.2) is 6.79 Å². The molecule has 7 heteroatoms. The van der Waals surface area contributed by atoms with E-state index in [0.29, 0.717) is 12.4 Å². The number of ether oxygens (including phenoxy) is 2. The van der Waals surface area contributed by atoms with Crippen LogP contribution in [0.2, 0.25) is 0 Å². The van der Waals surface area contributed by atoms with Crippen LogP contribution in [0.5, 0.6) is 5.75 Å². The van der Waals surface area contributed by atoms with Crippen LogP contribution in [-0.2, 0) is 4.74 Å². The first-order valence-corrected chi connectivity index (χ1v) is 9.31. The highest BCUT2D eigenvalue weighted by molar-refractivity contribution is 5.83. The van der Waals surface area contributed by atoms with Crippen LogP contribution < -0.4 is 9.64 Å². The van der Waals surface area contributed by atoms with E-state index in [1.54, 1.807) is 6.20 Å². The minimum atomic E-state index is 0.209. The Morgan fingerprint density at radius 2 is 2.07 bits per heavy atom. The molecule has 3 aromatic rings. The molecule has 3 heterocycles. The van der Waals surface area contributed by atoms with Crippen molar-refractivity contribution in [3.05, 3.63) is 54.1 Å². The zero-order valence-corrected chi connectivity index (χ0v) is 16.5. The van der Waals surface area contributed by atoms with Crippen LogP contribution in [-0.4, -0.2) is 66.9 Å². The number of aromatic nitrogens is 3. The van der Waals surface area contributed by atoms with Crippen LogP contribution in [0.15, 0.2) is 42.9 Å². The molecule has 0 radical (unpaired) electrons. The summed E-state index contributed by atoms with van der Waals surface area (Å²) in [4.78, 5) is 13.3. The van der Waals surface area contributed by atoms with Crippen molar-refractivity contribution < 1.29 is 9.47 Å². The third-order valence-corrected chi connectivity index (χ3v) is 4.77. The molecule has 2 aromatic heterocycles. The summed E-state index contributed by atoms with van der Waals surface area (Å²) in [5.41, 5.74) is 4.00. The van der Waals surface area contributed by atoms with Gasteiger partial charge in [0.2, 0.25) is 5.78 Å². The van der Waals surface area contributed by atoms with Crippen molar-refractivity contribution in [2.45, 2.75) is 0 Å². The topological polar surface area (TPSA) is 55.1 Å². The number of likely N-dealkylation sites (N-methyl/N-ethyl adjacent to an activating group) is 2. The Bertz CT molecular complexity index is 962. The number of imidazole rings is 1. The van der Waals surface area contributed by atoms with Gasteiger partial charge in [-0.25, -0.2) is 9.97 Å². The molecule has 0 unspecified atom stereocenters. The van der Waals surface area contributed by atoms with Crippen molar-refractivity contribution in [3.63, 3.8) is 0 Å². The predicted octanol–water partition coefficient (Wildman–Crippen LogP) is 2.63. The summed E-state index contributed by atoms with van der Waals surface area (Å²) in [6.45, 7) is 2.58. The fourth-order valence-corrected chi connectivity index (χ4v) is 3.10. The van der Waals surface area contributed by atoms with Gasteiger partial charge in [-0.2, -0.15) is 0 Å². The Balaban J connectivity index is 1.64. The van der Waals surface area contributed by atoms with E-state index in [4.69, 9.17) is 9.47 Å². The number of nitrogens with zero attached hydrogens (tertiary/aromatic N) is 5. The van der Waals surface area contributed by atoms with Crippen molar-refractivity contribution in [1.82, 2.24) is 19.3 Å². The number of hydrogen-bond donors (Lipinski definition) is 0. The molecule has 0 fully saturated rings. The van der Waals surface area contributed by atoms with Gasteiger partial charge in [0.1, 0.15) is 5.75 Å². The fourth-order valence-electron chi connectivity index (χ4n) is 3.10. The van der Waals surface area contributed by atoms with Gasteiger partial charge in [-0.05, 0) is 38.4 Å². The highest BCUT2D eigenvalue weighted by Gasteiger charge is 2.14. The molecule has 0 aliphatic carbocycles. The Morgan fingerprint density at radius 1 is 1.18 bits per heavy atom. The van der Waals surface area contributed by atoms with Gasteiger partial charge in [-0.1, -0.05) is 0 Å². The molecule has 0 saturated carbocycles. The van der Waals surface area contributed by atoms with Gasteiger partial charge in [0.05, 0.1) is 12.3 Å². The Kier molecular flexibility index (Phi) is 5.27. The molecule has 1 aliphatic rings. The van der Waals surface area contributed by atoms with Crippen LogP contribution in [0.25, 0.3) is 17.4 Å². The number of rotatable bonds is 5. The van der Waals surface area contributed by atoms with Crippen molar-refractivity contribution in [3.8, 4) is 5.75 Å². The lowest BCUT2D eigenvalue weighted by atomic mass is 10.1. The second-order valence-electron chi connectivity index (χ2n) is 7.18. The van der Waals surface area contributed by atoms with Gasteiger partial charge in [-0.15, -0.1) is 0 Å². The largest absolute Gasteiger partial charge is 0.467 e. The standard InChI is InChI=1S/C21H25N5O2/c1-24(2)9-10-25(3)18-6-5-16-11-17(14-27-15-28-20(16)12-18)19-13-26-8-4-7-22-21(26)23-19/h4-8,11-13H,9-10,14-15H2,1-3H3/b17-11+. The second kappa shape index (κ2) is 8.00. The maximum absolute atomic E-state index is 5.85. The molecule has 4 rings (SSSR count). The number of anilines is 1. The van der Waals surface area contributed by atoms with E-state index in [1.165, 1.54) is 0 Å². The summed E-state index contributed by atoms with van der Waals surface area (Å²) >= 11 is 0. The van der Waals surface area contributed by atoms with Gasteiger partial charge in [-0.3, -0.25) is 4.40 Å². The summed E-state index contributed by atoms with van der Waals surface area (Å²) in [7, 11) is 6.25. The van der Waals surface area contributed by atoms with Gasteiger partial charge in [0.25, 0.3) is 0 Å². The van der Waals surface area contributed by atoms with Crippen molar-refractivity contribution in [2.75, 3.05) is 52.5 Å². The smallest absolute Gasteiger partial charge is 0.234 e. The van der Waals surface area contributed by atoms with Crippen molar-refractivity contribution >= 4 is 23.1 Å². The maximum atomic E-state index is 5.85. The van der Waals surface area contributed by atoms with E-state index in [0.717, 1.165) is 41.4 Å². The monoisotopic (exact) mass is 379 g/mol. The molecule has 1 aromatic carbocycles. The van der Waals surface area contributed by atoms with Gasteiger partial charge >= 0.3 is 0 Å². The van der Waals surface area contributed by atoms with Crippen LogP contribution in [0.3, 0.4) is 0 Å². The molecule has 146 valence electrons. The lowest BCUT2D eigenvalue weighted by molar-refractivity contribution is 0.0324. The zero-order chi connectivity index (χ0) is 19.5. The van der Waals surface area contributed by atoms with Crippen LogP contribution in [0.4, 0.5) is 5.69 Å². The second-order valence-corrected chi connectivity index (χ2v) is 7.18. The van der Waals surface area contributed by atoms with Crippen LogP contribution in [0, 0.1) is 0 Å². The van der Waals surface area contributed by atoms with E-state index >= 15 is 0 Å². The minimum Gasteiger partial charge on any atom is -0.467 e. The first kappa shape index (κ1) is 18.5. The highest BCUT2D eigenvalue weighted by Crippen LogP contribution is 2.30. The summed E-state index contributed by atoms with van der Waals surface area (Å²) in [5, 5.41) is 0. The van der Waals surface area contributed by atoms with E-state index in [1.807, 2.05) is 22.9 Å². The molecule has 7 nitrogen and oxygen atoms in total. The van der Waals surface area contributed by atoms with Crippen LogP contribution in [0.1, 0.15) is 11.3 Å². The molecular weight excluding hydrogens is 354 g/mol. The van der Waals surface area contributed by atoms with E-state index in [2.05, 4.69) is 65.2 Å². The molecule has 28 heavy (non-hydrogen) atoms. The number of fused-ring (bicyclic) bond motifs is 2. The van der Waals surface area contributed by atoms with Crippen molar-refractivity contribution in [2.24, 2.45) is 0 Å². The number of benzene rings is 1. The molecule has 0 atom stereocenters. The van der Waals surface area contributed by atoms with Crippen LogP contribution >= 0.6 is 0 Å². The Labute approximate surface area is 164 Å². The average Bonchev–Trinajstić information content (AvgIpc) is 3.10. The average molecular weight is 379 g/mol. The van der Waals surface area contributed by atoms with E-state index in [-0.39, 0.29) is 6.79 Å². The summed E-state index contributed by atoms with van der Waals surface area (Å²) in [5.74, 6) is 1.49. The van der Waals surface area contributed by atoms with Crippen molar-refractivity contribution in [1.29, 1.82) is 0 Å². The first-order chi connectivity index (χ1) is 13.6. The molecular formula is C21H25N5O2. The molecule has 0 N–H and O–H groups in total. The normalized spacial score (nSPS) is 16.1. The summed E-state index contributed by atoms with van der Waals surface area (Å²) in [6, 6.07) is 8.17. The lowest BCUT2D eigenvalue weighted by Gasteiger charge is -2.23. The Hall–Kier alpha value is -2.90. The van der Waals surface area contributed by atoms with Gasteiger partial charge in [0, 0.05) is 61.6 Å². The van der Waals surface area contributed by atoms with E-state index < -0.39 is 0 Å². The third kappa shape index (κ3) is 4.00. The van der Waals surface area contributed by atoms with E-state index in [9.17, 15) is 0 Å². The highest BCUT2D eigenvalue weighted by atomic mass is 16.7. The third-order valence-electron chi connectivity index (χ3n) is 4.77. The number of hydrogen-bond acceptors (Lipinski definition) is 6. The lowest BCUT2D eigenvalue weighted by Crippen LogP contribution is -2.28. The predicted molar refractivity (Wildman–Crippen MR) is 111 cm³/mol. The summed E-state index contributed by atoms with van der Waals surface area (Å²) < 4.78 is 13.5. The maximum Gasteiger partial charge on any atom is 0.234 e. The zero-order valence-electron chi connectivity index (χ0n) is 16.5. The first-order valence-electron chi connectivity index (χ1n) is 9.31. The molecule has 0 amide bonds.